The first-order valence-corrected chi connectivity index (χ1v) is 4.21. The summed E-state index contributed by atoms with van der Waals surface area (Å²) < 4.78 is 12.5. The van der Waals surface area contributed by atoms with Gasteiger partial charge >= 0.3 is 5.97 Å². The molecule has 14 heavy (non-hydrogen) atoms. The molecule has 1 rings (SSSR count). The number of carboxylic acids is 1. The number of rotatable bonds is 4. The Kier molecular flexibility index (Phi) is 3.59. The number of carboxylic acid groups (broad SMARTS) is 1. The predicted octanol–water partition coefficient (Wildman–Crippen LogP) is 1.06. The lowest BCUT2D eigenvalue weighted by atomic mass is 10.0. The van der Waals surface area contributed by atoms with Gasteiger partial charge in [0.25, 0.3) is 0 Å². The van der Waals surface area contributed by atoms with Crippen LogP contribution in [0.5, 0.6) is 0 Å². The molecule has 0 aliphatic rings. The number of aliphatic carboxylic acids is 1. The molecule has 0 saturated heterocycles. The second kappa shape index (κ2) is 4.72. The molecule has 3 nitrogen and oxygen atoms in total. The van der Waals surface area contributed by atoms with Crippen LogP contribution in [-0.2, 0) is 11.2 Å². The Hall–Kier alpha value is -1.42. The summed E-state index contributed by atoms with van der Waals surface area (Å²) in [6.07, 6.45) is 0.214. The van der Waals surface area contributed by atoms with Crippen LogP contribution < -0.4 is 0 Å². The Morgan fingerprint density at radius 2 is 1.93 bits per heavy atom. The quantitative estimate of drug-likeness (QED) is 0.760. The van der Waals surface area contributed by atoms with Crippen LogP contribution in [0.4, 0.5) is 4.39 Å². The zero-order chi connectivity index (χ0) is 10.6. The molecule has 0 aromatic heterocycles. The van der Waals surface area contributed by atoms with Gasteiger partial charge in [0, 0.05) is 0 Å². The molecule has 76 valence electrons. The minimum Gasteiger partial charge on any atom is -0.481 e. The molecule has 0 bridgehead atoms. The van der Waals surface area contributed by atoms with Crippen LogP contribution in [0.1, 0.15) is 5.56 Å². The molecule has 0 spiro atoms. The fourth-order valence-electron chi connectivity index (χ4n) is 1.13. The maximum Gasteiger partial charge on any atom is 0.309 e. The topological polar surface area (TPSA) is 57.5 Å². The molecule has 0 saturated carbocycles. The highest BCUT2D eigenvalue weighted by Gasteiger charge is 2.16. The van der Waals surface area contributed by atoms with Gasteiger partial charge < -0.3 is 10.2 Å². The van der Waals surface area contributed by atoms with Crippen LogP contribution in [0.25, 0.3) is 0 Å². The van der Waals surface area contributed by atoms with Crippen molar-refractivity contribution in [3.8, 4) is 0 Å². The molecule has 0 amide bonds. The number of hydrogen-bond donors (Lipinski definition) is 2. The largest absolute Gasteiger partial charge is 0.481 e. The Morgan fingerprint density at radius 1 is 1.36 bits per heavy atom. The molecule has 1 atom stereocenters. The van der Waals surface area contributed by atoms with E-state index in [-0.39, 0.29) is 12.2 Å². The highest BCUT2D eigenvalue weighted by atomic mass is 19.1. The van der Waals surface area contributed by atoms with Gasteiger partial charge in [-0.05, 0) is 24.1 Å². The number of aliphatic hydroxyl groups excluding tert-OH is 1. The molecule has 0 fully saturated rings. The van der Waals surface area contributed by atoms with Gasteiger partial charge in [-0.2, -0.15) is 0 Å². The Bertz CT molecular complexity index is 308. The van der Waals surface area contributed by atoms with E-state index in [9.17, 15) is 9.18 Å². The SMILES string of the molecule is O=C(O)C(CO)Cc1ccc(F)cc1. The van der Waals surface area contributed by atoms with Crippen molar-refractivity contribution < 1.29 is 19.4 Å². The second-order valence-corrected chi connectivity index (χ2v) is 3.05. The fraction of sp³-hybridized carbons (Fsp3) is 0.300. The summed E-state index contributed by atoms with van der Waals surface area (Å²) in [5.41, 5.74) is 0.702. The Morgan fingerprint density at radius 3 is 2.36 bits per heavy atom. The van der Waals surface area contributed by atoms with Crippen LogP contribution in [0.3, 0.4) is 0 Å². The number of hydrogen-bond acceptors (Lipinski definition) is 2. The third-order valence-electron chi connectivity index (χ3n) is 1.96. The van der Waals surface area contributed by atoms with Gasteiger partial charge in [0.2, 0.25) is 0 Å². The van der Waals surface area contributed by atoms with Gasteiger partial charge in [-0.1, -0.05) is 12.1 Å². The molecule has 0 aliphatic heterocycles. The number of carbonyl (C=O) groups is 1. The standard InChI is InChI=1S/C10H11FO3/c11-9-3-1-7(2-4-9)5-8(6-12)10(13)14/h1-4,8,12H,5-6H2,(H,13,14). The van der Waals surface area contributed by atoms with E-state index in [2.05, 4.69) is 0 Å². The molecule has 4 heteroatoms. The van der Waals surface area contributed by atoms with Crippen LogP contribution in [0.2, 0.25) is 0 Å². The highest BCUT2D eigenvalue weighted by Crippen LogP contribution is 2.09. The van der Waals surface area contributed by atoms with E-state index in [1.54, 1.807) is 0 Å². The van der Waals surface area contributed by atoms with E-state index in [0.717, 1.165) is 0 Å². The highest BCUT2D eigenvalue weighted by molar-refractivity contribution is 5.70. The van der Waals surface area contributed by atoms with Crippen molar-refractivity contribution in [1.82, 2.24) is 0 Å². The molecule has 1 aromatic carbocycles. The lowest BCUT2D eigenvalue weighted by Gasteiger charge is -2.08. The molecule has 0 aliphatic carbocycles. The van der Waals surface area contributed by atoms with E-state index >= 15 is 0 Å². The molecule has 1 aromatic rings. The average molecular weight is 198 g/mol. The van der Waals surface area contributed by atoms with E-state index in [1.165, 1.54) is 24.3 Å². The molecular formula is C10H11FO3. The predicted molar refractivity (Wildman–Crippen MR) is 48.3 cm³/mol. The van der Waals surface area contributed by atoms with E-state index in [1.807, 2.05) is 0 Å². The summed E-state index contributed by atoms with van der Waals surface area (Å²) in [6.45, 7) is -0.410. The number of halogens is 1. The zero-order valence-corrected chi connectivity index (χ0v) is 7.48. The van der Waals surface area contributed by atoms with Crippen LogP contribution in [0.15, 0.2) is 24.3 Å². The lowest BCUT2D eigenvalue weighted by Crippen LogP contribution is -2.20. The van der Waals surface area contributed by atoms with Crippen molar-refractivity contribution in [2.45, 2.75) is 6.42 Å². The van der Waals surface area contributed by atoms with Crippen molar-refractivity contribution in [2.75, 3.05) is 6.61 Å². The lowest BCUT2D eigenvalue weighted by molar-refractivity contribution is -0.143. The summed E-state index contributed by atoms with van der Waals surface area (Å²) in [4.78, 5) is 10.6. The molecule has 0 heterocycles. The van der Waals surface area contributed by atoms with Gasteiger partial charge in [-0.3, -0.25) is 4.79 Å². The summed E-state index contributed by atoms with van der Waals surface area (Å²) in [5, 5.41) is 17.4. The van der Waals surface area contributed by atoms with Crippen molar-refractivity contribution in [3.63, 3.8) is 0 Å². The zero-order valence-electron chi connectivity index (χ0n) is 7.48. The normalized spacial score (nSPS) is 12.4. The van der Waals surface area contributed by atoms with Crippen molar-refractivity contribution in [1.29, 1.82) is 0 Å². The minimum absolute atomic E-state index is 0.214. The average Bonchev–Trinajstić information content (AvgIpc) is 2.16. The minimum atomic E-state index is -1.04. The molecule has 2 N–H and O–H groups in total. The number of aliphatic hydroxyl groups is 1. The summed E-state index contributed by atoms with van der Waals surface area (Å²) in [5.74, 6) is -2.22. The molecule has 0 radical (unpaired) electrons. The van der Waals surface area contributed by atoms with Gasteiger partial charge in [0.05, 0.1) is 12.5 Å². The summed E-state index contributed by atoms with van der Waals surface area (Å²) in [7, 11) is 0. The van der Waals surface area contributed by atoms with Crippen molar-refractivity contribution >= 4 is 5.97 Å². The molecule has 1 unspecified atom stereocenters. The van der Waals surface area contributed by atoms with E-state index in [0.29, 0.717) is 5.56 Å². The van der Waals surface area contributed by atoms with Gasteiger partial charge in [0.1, 0.15) is 5.82 Å². The first-order valence-electron chi connectivity index (χ1n) is 4.21. The maximum atomic E-state index is 12.5. The monoisotopic (exact) mass is 198 g/mol. The third-order valence-corrected chi connectivity index (χ3v) is 1.96. The van der Waals surface area contributed by atoms with Crippen LogP contribution in [0, 0.1) is 11.7 Å². The first-order chi connectivity index (χ1) is 6.63. The van der Waals surface area contributed by atoms with Crippen LogP contribution in [-0.4, -0.2) is 22.8 Å². The Labute approximate surface area is 80.8 Å². The molecular weight excluding hydrogens is 187 g/mol. The second-order valence-electron chi connectivity index (χ2n) is 3.05. The number of benzene rings is 1. The van der Waals surface area contributed by atoms with Gasteiger partial charge in [0.15, 0.2) is 0 Å². The van der Waals surface area contributed by atoms with E-state index in [4.69, 9.17) is 10.2 Å². The van der Waals surface area contributed by atoms with Crippen molar-refractivity contribution in [3.05, 3.63) is 35.6 Å². The van der Waals surface area contributed by atoms with Gasteiger partial charge in [-0.25, -0.2) is 4.39 Å². The smallest absolute Gasteiger partial charge is 0.309 e. The summed E-state index contributed by atoms with van der Waals surface area (Å²) in [6, 6.07) is 5.57. The maximum absolute atomic E-state index is 12.5. The first kappa shape index (κ1) is 10.7. The fourth-order valence-corrected chi connectivity index (χ4v) is 1.13. The third kappa shape index (κ3) is 2.81. The Balaban J connectivity index is 2.67. The van der Waals surface area contributed by atoms with Crippen LogP contribution >= 0.6 is 0 Å². The van der Waals surface area contributed by atoms with Crippen molar-refractivity contribution in [2.24, 2.45) is 5.92 Å². The van der Waals surface area contributed by atoms with Gasteiger partial charge in [-0.15, -0.1) is 0 Å². The summed E-state index contributed by atoms with van der Waals surface area (Å²) >= 11 is 0. The van der Waals surface area contributed by atoms with E-state index < -0.39 is 18.5 Å².